The van der Waals surface area contributed by atoms with Gasteiger partial charge >= 0.3 is 5.97 Å². The number of pyridine rings is 1. The van der Waals surface area contributed by atoms with Crippen LogP contribution in [0.4, 0.5) is 0 Å². The van der Waals surface area contributed by atoms with E-state index in [1.165, 1.54) is 7.11 Å². The number of benzene rings is 1. The summed E-state index contributed by atoms with van der Waals surface area (Å²) in [4.78, 5) is 33.7. The summed E-state index contributed by atoms with van der Waals surface area (Å²) in [6.07, 6.45) is 3.41. The van der Waals surface area contributed by atoms with Crippen molar-refractivity contribution >= 4 is 17.6 Å². The Kier molecular flexibility index (Phi) is 6.53. The Bertz CT molecular complexity index is 935. The van der Waals surface area contributed by atoms with E-state index in [1.807, 2.05) is 0 Å². The third-order valence-electron chi connectivity index (χ3n) is 4.51. The molecule has 0 radical (unpaired) electrons. The molecule has 1 aromatic heterocycles. The van der Waals surface area contributed by atoms with E-state index < -0.39 is 18.1 Å². The smallest absolute Gasteiger partial charge is 0.307 e. The molecule has 8 heteroatoms. The maximum Gasteiger partial charge on any atom is 0.307 e. The third-order valence-corrected chi connectivity index (χ3v) is 4.51. The van der Waals surface area contributed by atoms with Crippen molar-refractivity contribution in [3.05, 3.63) is 65.5 Å². The predicted octanol–water partition coefficient (Wildman–Crippen LogP) is 2.26. The van der Waals surface area contributed by atoms with Crippen LogP contribution in [0.1, 0.15) is 42.0 Å². The maximum absolute atomic E-state index is 12.5. The summed E-state index contributed by atoms with van der Waals surface area (Å²) in [5.74, 6) is -0.688. The minimum atomic E-state index is -0.538. The van der Waals surface area contributed by atoms with Gasteiger partial charge in [0.25, 0.3) is 0 Å². The third kappa shape index (κ3) is 5.39. The summed E-state index contributed by atoms with van der Waals surface area (Å²) >= 11 is 0. The van der Waals surface area contributed by atoms with Crippen molar-refractivity contribution in [2.75, 3.05) is 7.11 Å². The summed E-state index contributed by atoms with van der Waals surface area (Å²) in [6, 6.07) is 12.1. The van der Waals surface area contributed by atoms with E-state index in [1.54, 1.807) is 48.8 Å². The van der Waals surface area contributed by atoms with Crippen LogP contribution in [-0.4, -0.2) is 35.8 Å². The SMILES string of the molecule is COC(=O)C[C@@H](NC(=O)C[C@H]1CC(c2ccc(C#N)cc2)=NO1)c1cccnc1. The van der Waals surface area contributed by atoms with Crippen LogP contribution in [0.2, 0.25) is 0 Å². The topological polar surface area (TPSA) is 114 Å². The van der Waals surface area contributed by atoms with Crippen LogP contribution in [-0.2, 0) is 19.2 Å². The molecule has 0 bridgehead atoms. The van der Waals surface area contributed by atoms with E-state index in [0.29, 0.717) is 17.5 Å². The number of aromatic nitrogens is 1. The van der Waals surface area contributed by atoms with Crippen molar-refractivity contribution in [2.24, 2.45) is 5.16 Å². The highest BCUT2D eigenvalue weighted by atomic mass is 16.6. The molecule has 2 aromatic rings. The number of carbonyl (C=O) groups is 2. The summed E-state index contributed by atoms with van der Waals surface area (Å²) in [6.45, 7) is 0. The van der Waals surface area contributed by atoms with E-state index in [2.05, 4.69) is 21.5 Å². The zero-order valence-corrected chi connectivity index (χ0v) is 15.9. The first-order valence-corrected chi connectivity index (χ1v) is 9.08. The quantitative estimate of drug-likeness (QED) is 0.723. The zero-order valence-electron chi connectivity index (χ0n) is 15.9. The number of hydrogen-bond acceptors (Lipinski definition) is 7. The minimum absolute atomic E-state index is 0.00640. The molecule has 29 heavy (non-hydrogen) atoms. The van der Waals surface area contributed by atoms with Gasteiger partial charge in [-0.3, -0.25) is 14.6 Å². The highest BCUT2D eigenvalue weighted by Gasteiger charge is 2.27. The number of amides is 1. The van der Waals surface area contributed by atoms with Crippen LogP contribution >= 0.6 is 0 Å². The van der Waals surface area contributed by atoms with Gasteiger partial charge in [0.15, 0.2) is 0 Å². The lowest BCUT2D eigenvalue weighted by Crippen LogP contribution is -2.33. The fraction of sp³-hybridized carbons (Fsp3) is 0.286. The number of methoxy groups -OCH3 is 1. The van der Waals surface area contributed by atoms with Gasteiger partial charge in [0.2, 0.25) is 5.91 Å². The lowest BCUT2D eigenvalue weighted by atomic mass is 10.0. The number of carbonyl (C=O) groups excluding carboxylic acids is 2. The van der Waals surface area contributed by atoms with Crippen LogP contribution in [0.3, 0.4) is 0 Å². The highest BCUT2D eigenvalue weighted by molar-refractivity contribution is 6.01. The highest BCUT2D eigenvalue weighted by Crippen LogP contribution is 2.21. The van der Waals surface area contributed by atoms with Gasteiger partial charge in [-0.15, -0.1) is 0 Å². The molecule has 148 valence electrons. The van der Waals surface area contributed by atoms with E-state index in [9.17, 15) is 9.59 Å². The van der Waals surface area contributed by atoms with Gasteiger partial charge in [-0.25, -0.2) is 0 Å². The average molecular weight is 392 g/mol. The molecule has 1 N–H and O–H groups in total. The Labute approximate surface area is 168 Å². The summed E-state index contributed by atoms with van der Waals surface area (Å²) in [5, 5.41) is 15.8. The maximum atomic E-state index is 12.5. The first-order valence-electron chi connectivity index (χ1n) is 9.08. The molecule has 0 saturated carbocycles. The van der Waals surface area contributed by atoms with E-state index in [4.69, 9.17) is 14.8 Å². The van der Waals surface area contributed by atoms with Crippen molar-refractivity contribution in [3.8, 4) is 6.07 Å². The van der Waals surface area contributed by atoms with Gasteiger partial charge in [0, 0.05) is 18.8 Å². The van der Waals surface area contributed by atoms with Crippen molar-refractivity contribution < 1.29 is 19.2 Å². The molecular formula is C21H20N4O4. The Morgan fingerprint density at radius 1 is 1.34 bits per heavy atom. The van der Waals surface area contributed by atoms with Gasteiger partial charge in [0.1, 0.15) is 6.10 Å². The molecule has 1 aliphatic rings. The van der Waals surface area contributed by atoms with E-state index in [-0.39, 0.29) is 18.7 Å². The lowest BCUT2D eigenvalue weighted by molar-refractivity contribution is -0.141. The lowest BCUT2D eigenvalue weighted by Gasteiger charge is -2.18. The fourth-order valence-corrected chi connectivity index (χ4v) is 2.99. The number of rotatable bonds is 7. The molecule has 0 spiro atoms. The van der Waals surface area contributed by atoms with Crippen LogP contribution in [0.15, 0.2) is 53.9 Å². The number of ether oxygens (including phenoxy) is 1. The largest absolute Gasteiger partial charge is 0.469 e. The summed E-state index contributed by atoms with van der Waals surface area (Å²) < 4.78 is 4.72. The van der Waals surface area contributed by atoms with Crippen molar-refractivity contribution in [1.82, 2.24) is 10.3 Å². The summed E-state index contributed by atoms with van der Waals surface area (Å²) in [5.41, 5.74) is 2.86. The van der Waals surface area contributed by atoms with Crippen LogP contribution in [0, 0.1) is 11.3 Å². The van der Waals surface area contributed by atoms with Crippen LogP contribution < -0.4 is 5.32 Å². The predicted molar refractivity (Wildman–Crippen MR) is 104 cm³/mol. The first kappa shape index (κ1) is 20.0. The van der Waals surface area contributed by atoms with Gasteiger partial charge in [-0.2, -0.15) is 5.26 Å². The molecule has 0 fully saturated rings. The second kappa shape index (κ2) is 9.46. The summed E-state index contributed by atoms with van der Waals surface area (Å²) in [7, 11) is 1.30. The Morgan fingerprint density at radius 3 is 2.79 bits per heavy atom. The molecule has 3 rings (SSSR count). The van der Waals surface area contributed by atoms with E-state index in [0.717, 1.165) is 11.3 Å². The van der Waals surface area contributed by atoms with Gasteiger partial charge < -0.3 is 14.9 Å². The van der Waals surface area contributed by atoms with Gasteiger partial charge in [-0.1, -0.05) is 23.4 Å². The van der Waals surface area contributed by atoms with Crippen LogP contribution in [0.5, 0.6) is 0 Å². The zero-order chi connectivity index (χ0) is 20.6. The molecule has 2 atom stereocenters. The Hall–Kier alpha value is -3.73. The number of oxime groups is 1. The van der Waals surface area contributed by atoms with Gasteiger partial charge in [0.05, 0.1) is 43.3 Å². The number of hydrogen-bond donors (Lipinski definition) is 1. The van der Waals surface area contributed by atoms with Crippen molar-refractivity contribution in [1.29, 1.82) is 5.26 Å². The van der Waals surface area contributed by atoms with Crippen molar-refractivity contribution in [3.63, 3.8) is 0 Å². The molecular weight excluding hydrogens is 372 g/mol. The van der Waals surface area contributed by atoms with Crippen molar-refractivity contribution in [2.45, 2.75) is 31.4 Å². The molecule has 8 nitrogen and oxygen atoms in total. The second-order valence-electron chi connectivity index (χ2n) is 6.55. The number of nitriles is 1. The molecule has 1 amide bonds. The standard InChI is InChI=1S/C21H20N4O4/c1-28-21(27)11-18(16-3-2-8-23-13-16)24-20(26)10-17-9-19(25-29-17)15-6-4-14(12-22)5-7-15/h2-8,13,17-18H,9-11H2,1H3,(H,24,26)/t17-,18-/m1/s1. The van der Waals surface area contributed by atoms with Gasteiger partial charge in [-0.05, 0) is 29.3 Å². The van der Waals surface area contributed by atoms with E-state index >= 15 is 0 Å². The minimum Gasteiger partial charge on any atom is -0.469 e. The Morgan fingerprint density at radius 2 is 2.14 bits per heavy atom. The number of nitrogens with zero attached hydrogens (tertiary/aromatic N) is 3. The molecule has 1 aliphatic heterocycles. The Balaban J connectivity index is 1.58. The molecule has 2 heterocycles. The number of nitrogens with one attached hydrogen (secondary N) is 1. The number of esters is 1. The molecule has 0 aliphatic carbocycles. The fourth-order valence-electron chi connectivity index (χ4n) is 2.99. The first-order chi connectivity index (χ1) is 14.1. The van der Waals surface area contributed by atoms with Crippen LogP contribution in [0.25, 0.3) is 0 Å². The average Bonchev–Trinajstić information content (AvgIpc) is 3.22. The molecule has 0 unspecified atom stereocenters. The monoisotopic (exact) mass is 392 g/mol. The molecule has 1 aromatic carbocycles. The second-order valence-corrected chi connectivity index (χ2v) is 6.55. The molecule has 0 saturated heterocycles. The normalized spacial score (nSPS) is 16.1.